The summed E-state index contributed by atoms with van der Waals surface area (Å²) in [7, 11) is 0. The lowest BCUT2D eigenvalue weighted by molar-refractivity contribution is -0.121. The van der Waals surface area contributed by atoms with Gasteiger partial charge in [0.15, 0.2) is 0 Å². The maximum absolute atomic E-state index is 11.5. The van der Waals surface area contributed by atoms with E-state index in [1.807, 2.05) is 38.1 Å². The first-order valence-electron chi connectivity index (χ1n) is 7.26. The average Bonchev–Trinajstić information content (AvgIpc) is 2.45. The molecule has 0 spiro atoms. The van der Waals surface area contributed by atoms with Crippen LogP contribution in [-0.2, 0) is 9.53 Å². The molecule has 0 saturated heterocycles. The second kappa shape index (κ2) is 10.3. The Bertz CT molecular complexity index is 376. The molecule has 1 aromatic carbocycles. The van der Waals surface area contributed by atoms with Crippen LogP contribution < -0.4 is 10.1 Å². The zero-order valence-corrected chi connectivity index (χ0v) is 12.5. The molecule has 0 aliphatic heterocycles. The lowest BCUT2D eigenvalue weighted by atomic mass is 10.2. The number of ether oxygens (including phenoxy) is 2. The molecule has 4 nitrogen and oxygen atoms in total. The van der Waals surface area contributed by atoms with E-state index >= 15 is 0 Å². The van der Waals surface area contributed by atoms with Crippen LogP contribution in [-0.4, -0.2) is 32.3 Å². The molecule has 1 amide bonds. The van der Waals surface area contributed by atoms with Crippen molar-refractivity contribution in [1.29, 1.82) is 0 Å². The van der Waals surface area contributed by atoms with Gasteiger partial charge in [-0.2, -0.15) is 0 Å². The fourth-order valence-corrected chi connectivity index (χ4v) is 1.69. The molecule has 0 atom stereocenters. The third-order valence-electron chi connectivity index (χ3n) is 2.83. The molecule has 4 heteroatoms. The highest BCUT2D eigenvalue weighted by Crippen LogP contribution is 2.11. The van der Waals surface area contributed by atoms with Crippen molar-refractivity contribution in [2.24, 2.45) is 0 Å². The summed E-state index contributed by atoms with van der Waals surface area (Å²) in [5.74, 6) is 0.932. The number of amides is 1. The fourth-order valence-electron chi connectivity index (χ4n) is 1.69. The monoisotopic (exact) mass is 279 g/mol. The van der Waals surface area contributed by atoms with E-state index in [1.165, 1.54) is 5.56 Å². The molecular formula is C16H25NO3. The number of benzene rings is 1. The van der Waals surface area contributed by atoms with Gasteiger partial charge >= 0.3 is 0 Å². The number of hydrogen-bond donors (Lipinski definition) is 1. The third kappa shape index (κ3) is 7.79. The Hall–Kier alpha value is -1.55. The highest BCUT2D eigenvalue weighted by molar-refractivity contribution is 5.75. The smallest absolute Gasteiger partial charge is 0.220 e. The molecule has 0 aromatic heterocycles. The highest BCUT2D eigenvalue weighted by Gasteiger charge is 2.01. The molecule has 0 saturated carbocycles. The number of carbonyl (C=O) groups is 1. The van der Waals surface area contributed by atoms with E-state index < -0.39 is 0 Å². The van der Waals surface area contributed by atoms with Crippen molar-refractivity contribution in [2.75, 3.05) is 26.4 Å². The molecule has 0 heterocycles. The predicted octanol–water partition coefficient (Wildman–Crippen LogP) is 2.70. The lowest BCUT2D eigenvalue weighted by Crippen LogP contribution is -2.25. The highest BCUT2D eigenvalue weighted by atomic mass is 16.5. The summed E-state index contributed by atoms with van der Waals surface area (Å²) in [6.07, 6.45) is 2.09. The van der Waals surface area contributed by atoms with Crippen LogP contribution in [0.2, 0.25) is 0 Å². The maximum atomic E-state index is 11.5. The number of aryl methyl sites for hydroxylation is 1. The molecule has 0 aliphatic rings. The normalized spacial score (nSPS) is 10.3. The zero-order chi connectivity index (χ0) is 14.6. The molecule has 0 bridgehead atoms. The summed E-state index contributed by atoms with van der Waals surface area (Å²) < 4.78 is 10.8. The summed E-state index contributed by atoms with van der Waals surface area (Å²) in [5.41, 5.74) is 1.21. The van der Waals surface area contributed by atoms with Crippen molar-refractivity contribution in [1.82, 2.24) is 5.32 Å². The molecule has 0 radical (unpaired) electrons. The number of carbonyl (C=O) groups excluding carboxylic acids is 1. The van der Waals surface area contributed by atoms with Crippen LogP contribution in [0.3, 0.4) is 0 Å². The van der Waals surface area contributed by atoms with Gasteiger partial charge in [0.1, 0.15) is 5.75 Å². The first kappa shape index (κ1) is 16.5. The average molecular weight is 279 g/mol. The van der Waals surface area contributed by atoms with Crippen LogP contribution in [0.1, 0.15) is 31.7 Å². The maximum Gasteiger partial charge on any atom is 0.220 e. The molecule has 0 aliphatic carbocycles. The van der Waals surface area contributed by atoms with Crippen molar-refractivity contribution >= 4 is 5.91 Å². The molecule has 1 N–H and O–H groups in total. The Morgan fingerprint density at radius 1 is 1.15 bits per heavy atom. The molecule has 1 rings (SSSR count). The topological polar surface area (TPSA) is 47.6 Å². The third-order valence-corrected chi connectivity index (χ3v) is 2.83. The van der Waals surface area contributed by atoms with Crippen LogP contribution in [0.4, 0.5) is 0 Å². The summed E-state index contributed by atoms with van der Waals surface area (Å²) in [6.45, 7) is 6.68. The number of hydrogen-bond acceptors (Lipinski definition) is 3. The van der Waals surface area contributed by atoms with Crippen LogP contribution in [0.5, 0.6) is 5.75 Å². The van der Waals surface area contributed by atoms with E-state index in [4.69, 9.17) is 9.47 Å². The van der Waals surface area contributed by atoms with Crippen LogP contribution in [0.15, 0.2) is 24.3 Å². The van der Waals surface area contributed by atoms with Crippen molar-refractivity contribution in [3.63, 3.8) is 0 Å². The molecule has 112 valence electrons. The van der Waals surface area contributed by atoms with E-state index in [0.717, 1.165) is 25.2 Å². The predicted molar refractivity (Wildman–Crippen MR) is 80.0 cm³/mol. The molecular weight excluding hydrogens is 254 g/mol. The van der Waals surface area contributed by atoms with E-state index in [-0.39, 0.29) is 5.91 Å². The van der Waals surface area contributed by atoms with Crippen LogP contribution >= 0.6 is 0 Å². The van der Waals surface area contributed by atoms with Crippen molar-refractivity contribution < 1.29 is 14.3 Å². The quantitative estimate of drug-likeness (QED) is 0.670. The van der Waals surface area contributed by atoms with Crippen molar-refractivity contribution in [2.45, 2.75) is 33.1 Å². The number of rotatable bonds is 10. The first-order valence-corrected chi connectivity index (χ1v) is 7.26. The van der Waals surface area contributed by atoms with Gasteiger partial charge in [0.05, 0.1) is 6.61 Å². The van der Waals surface area contributed by atoms with Gasteiger partial charge in [-0.05, 0) is 38.8 Å². The van der Waals surface area contributed by atoms with Gasteiger partial charge in [0, 0.05) is 26.2 Å². The zero-order valence-electron chi connectivity index (χ0n) is 12.5. The minimum Gasteiger partial charge on any atom is -0.494 e. The Morgan fingerprint density at radius 3 is 2.60 bits per heavy atom. The fraction of sp³-hybridized carbons (Fsp3) is 0.562. The molecule has 0 fully saturated rings. The van der Waals surface area contributed by atoms with Crippen molar-refractivity contribution in [3.05, 3.63) is 29.8 Å². The van der Waals surface area contributed by atoms with Crippen LogP contribution in [0, 0.1) is 6.92 Å². The Kier molecular flexibility index (Phi) is 8.47. The first-order chi connectivity index (χ1) is 9.72. The lowest BCUT2D eigenvalue weighted by Gasteiger charge is -2.07. The second-order valence-corrected chi connectivity index (χ2v) is 4.67. The standard InChI is InChI=1S/C16H25NO3/c1-3-19-12-5-11-17-16(18)6-4-13-20-15-9-7-14(2)8-10-15/h7-10H,3-6,11-13H2,1-2H3,(H,17,18). The minimum absolute atomic E-state index is 0.0778. The van der Waals surface area contributed by atoms with Crippen LogP contribution in [0.25, 0.3) is 0 Å². The molecule has 20 heavy (non-hydrogen) atoms. The van der Waals surface area contributed by atoms with E-state index in [2.05, 4.69) is 5.32 Å². The van der Waals surface area contributed by atoms with Gasteiger partial charge in [0.25, 0.3) is 0 Å². The van der Waals surface area contributed by atoms with E-state index in [9.17, 15) is 4.79 Å². The molecule has 1 aromatic rings. The summed E-state index contributed by atoms with van der Waals surface area (Å²) in [5, 5.41) is 2.87. The summed E-state index contributed by atoms with van der Waals surface area (Å²) in [6, 6.07) is 7.92. The Balaban J connectivity index is 2.00. The van der Waals surface area contributed by atoms with Gasteiger partial charge in [0.2, 0.25) is 5.91 Å². The largest absolute Gasteiger partial charge is 0.494 e. The molecule has 0 unspecified atom stereocenters. The Labute approximate surface area is 121 Å². The minimum atomic E-state index is 0.0778. The van der Waals surface area contributed by atoms with Gasteiger partial charge in [-0.25, -0.2) is 0 Å². The van der Waals surface area contributed by atoms with Gasteiger partial charge in [-0.1, -0.05) is 17.7 Å². The van der Waals surface area contributed by atoms with Gasteiger partial charge in [-0.3, -0.25) is 4.79 Å². The van der Waals surface area contributed by atoms with Crippen molar-refractivity contribution in [3.8, 4) is 5.75 Å². The Morgan fingerprint density at radius 2 is 1.90 bits per heavy atom. The number of nitrogens with one attached hydrogen (secondary N) is 1. The van der Waals surface area contributed by atoms with Gasteiger partial charge in [-0.15, -0.1) is 0 Å². The second-order valence-electron chi connectivity index (χ2n) is 4.67. The van der Waals surface area contributed by atoms with Gasteiger partial charge < -0.3 is 14.8 Å². The summed E-state index contributed by atoms with van der Waals surface area (Å²) in [4.78, 5) is 11.5. The van der Waals surface area contributed by atoms with E-state index in [0.29, 0.717) is 26.2 Å². The summed E-state index contributed by atoms with van der Waals surface area (Å²) >= 11 is 0. The SMILES string of the molecule is CCOCCCNC(=O)CCCOc1ccc(C)cc1. The van der Waals surface area contributed by atoms with E-state index in [1.54, 1.807) is 0 Å².